The highest BCUT2D eigenvalue weighted by atomic mass is 19.1. The number of anilines is 1. The molecule has 3 atom stereocenters. The lowest BCUT2D eigenvalue weighted by Gasteiger charge is -2.23. The minimum absolute atomic E-state index is 0.132. The zero-order valence-corrected chi connectivity index (χ0v) is 10.8. The minimum atomic E-state index is -0.207. The Morgan fingerprint density at radius 2 is 1.88 bits per heavy atom. The highest BCUT2D eigenvalue weighted by Crippen LogP contribution is 2.32. The van der Waals surface area contributed by atoms with Gasteiger partial charge >= 0.3 is 0 Å². The third-order valence-electron chi connectivity index (χ3n) is 3.81. The highest BCUT2D eigenvalue weighted by Gasteiger charge is 2.27. The van der Waals surface area contributed by atoms with Gasteiger partial charge in [0, 0.05) is 24.8 Å². The van der Waals surface area contributed by atoms with Crippen LogP contribution in [0.3, 0.4) is 0 Å². The first kappa shape index (κ1) is 12.4. The first-order valence-electron chi connectivity index (χ1n) is 6.29. The summed E-state index contributed by atoms with van der Waals surface area (Å²) in [4.78, 5) is 2.33. The normalized spacial score (nSPS) is 26.3. The fourth-order valence-electron chi connectivity index (χ4n) is 2.50. The molecule has 2 N–H and O–H groups in total. The van der Waals surface area contributed by atoms with Gasteiger partial charge in [-0.15, -0.1) is 0 Å². The summed E-state index contributed by atoms with van der Waals surface area (Å²) in [5, 5.41) is 0. The van der Waals surface area contributed by atoms with Crippen LogP contribution in [0.25, 0.3) is 0 Å². The zero-order valence-electron chi connectivity index (χ0n) is 10.8. The van der Waals surface area contributed by atoms with E-state index in [4.69, 9.17) is 5.73 Å². The standard InChI is InChI=1S/C14H21FN2/c1-9-7-17(8-10(9)2)14-5-4-12(15)6-13(14)11(3)16/h4-6,9-11H,7-8,16H2,1-3H3. The fourth-order valence-corrected chi connectivity index (χ4v) is 2.50. The lowest BCUT2D eigenvalue weighted by atomic mass is 10.0. The van der Waals surface area contributed by atoms with Gasteiger partial charge in [0.25, 0.3) is 0 Å². The number of halogens is 1. The molecule has 1 saturated heterocycles. The highest BCUT2D eigenvalue weighted by molar-refractivity contribution is 5.56. The van der Waals surface area contributed by atoms with Crippen molar-refractivity contribution in [3.05, 3.63) is 29.6 Å². The van der Waals surface area contributed by atoms with E-state index in [-0.39, 0.29) is 11.9 Å². The van der Waals surface area contributed by atoms with Crippen LogP contribution in [0, 0.1) is 17.7 Å². The number of hydrogen-bond donors (Lipinski definition) is 1. The average molecular weight is 236 g/mol. The van der Waals surface area contributed by atoms with E-state index < -0.39 is 0 Å². The van der Waals surface area contributed by atoms with Gasteiger partial charge in [-0.05, 0) is 42.5 Å². The molecular weight excluding hydrogens is 215 g/mol. The third-order valence-corrected chi connectivity index (χ3v) is 3.81. The van der Waals surface area contributed by atoms with Crippen molar-refractivity contribution in [1.29, 1.82) is 0 Å². The molecule has 1 aliphatic heterocycles. The van der Waals surface area contributed by atoms with Gasteiger partial charge in [0.2, 0.25) is 0 Å². The Morgan fingerprint density at radius 1 is 1.29 bits per heavy atom. The molecule has 1 aromatic rings. The number of nitrogens with two attached hydrogens (primary N) is 1. The van der Waals surface area contributed by atoms with Gasteiger partial charge < -0.3 is 10.6 Å². The van der Waals surface area contributed by atoms with E-state index >= 15 is 0 Å². The molecule has 3 heteroatoms. The SMILES string of the molecule is CC(N)c1cc(F)ccc1N1CC(C)C(C)C1. The summed E-state index contributed by atoms with van der Waals surface area (Å²) in [6, 6.07) is 4.81. The largest absolute Gasteiger partial charge is 0.371 e. The second-order valence-corrected chi connectivity index (χ2v) is 5.35. The van der Waals surface area contributed by atoms with Crippen molar-refractivity contribution in [2.45, 2.75) is 26.8 Å². The van der Waals surface area contributed by atoms with Gasteiger partial charge in [0.15, 0.2) is 0 Å². The zero-order chi connectivity index (χ0) is 12.6. The van der Waals surface area contributed by atoms with Crippen LogP contribution in [-0.4, -0.2) is 13.1 Å². The Hall–Kier alpha value is -1.09. The van der Waals surface area contributed by atoms with Crippen LogP contribution in [0.4, 0.5) is 10.1 Å². The Balaban J connectivity index is 2.32. The maximum Gasteiger partial charge on any atom is 0.123 e. The van der Waals surface area contributed by atoms with Crippen LogP contribution in [0.2, 0.25) is 0 Å². The maximum atomic E-state index is 13.3. The summed E-state index contributed by atoms with van der Waals surface area (Å²) in [5.74, 6) is 1.16. The van der Waals surface area contributed by atoms with Crippen LogP contribution in [0.15, 0.2) is 18.2 Å². The summed E-state index contributed by atoms with van der Waals surface area (Å²) in [5.41, 5.74) is 7.93. The van der Waals surface area contributed by atoms with Crippen LogP contribution in [-0.2, 0) is 0 Å². The third kappa shape index (κ3) is 2.44. The molecule has 0 aliphatic carbocycles. The fraction of sp³-hybridized carbons (Fsp3) is 0.571. The second-order valence-electron chi connectivity index (χ2n) is 5.35. The molecule has 0 aromatic heterocycles. The Morgan fingerprint density at radius 3 is 2.41 bits per heavy atom. The van der Waals surface area contributed by atoms with Crippen molar-refractivity contribution in [1.82, 2.24) is 0 Å². The van der Waals surface area contributed by atoms with Crippen molar-refractivity contribution in [3.63, 3.8) is 0 Å². The van der Waals surface area contributed by atoms with E-state index in [9.17, 15) is 4.39 Å². The van der Waals surface area contributed by atoms with Gasteiger partial charge in [-0.2, -0.15) is 0 Å². The number of benzene rings is 1. The Kier molecular flexibility index (Phi) is 3.38. The molecule has 1 aromatic carbocycles. The second kappa shape index (κ2) is 4.65. The summed E-state index contributed by atoms with van der Waals surface area (Å²) in [6.07, 6.45) is 0. The molecule has 17 heavy (non-hydrogen) atoms. The van der Waals surface area contributed by atoms with E-state index in [1.165, 1.54) is 6.07 Å². The topological polar surface area (TPSA) is 29.3 Å². The quantitative estimate of drug-likeness (QED) is 0.855. The van der Waals surface area contributed by atoms with Crippen molar-refractivity contribution in [2.24, 2.45) is 17.6 Å². The number of hydrogen-bond acceptors (Lipinski definition) is 2. The van der Waals surface area contributed by atoms with Crippen LogP contribution >= 0.6 is 0 Å². The monoisotopic (exact) mass is 236 g/mol. The summed E-state index contributed by atoms with van der Waals surface area (Å²) in [7, 11) is 0. The number of rotatable bonds is 2. The molecule has 2 nitrogen and oxygen atoms in total. The summed E-state index contributed by atoms with van der Waals surface area (Å²) >= 11 is 0. The Bertz CT molecular complexity index is 393. The molecular formula is C14H21FN2. The van der Waals surface area contributed by atoms with E-state index in [1.807, 2.05) is 13.0 Å². The predicted molar refractivity (Wildman–Crippen MR) is 69.5 cm³/mol. The molecule has 0 saturated carbocycles. The van der Waals surface area contributed by atoms with E-state index in [1.54, 1.807) is 6.07 Å². The molecule has 0 radical (unpaired) electrons. The molecule has 1 fully saturated rings. The molecule has 3 unspecified atom stereocenters. The predicted octanol–water partition coefficient (Wildman–Crippen LogP) is 2.94. The molecule has 94 valence electrons. The summed E-state index contributed by atoms with van der Waals surface area (Å²) < 4.78 is 13.3. The number of nitrogens with zero attached hydrogens (tertiary/aromatic N) is 1. The van der Waals surface area contributed by atoms with E-state index in [0.717, 1.165) is 24.3 Å². The van der Waals surface area contributed by atoms with Crippen LogP contribution in [0.1, 0.15) is 32.4 Å². The van der Waals surface area contributed by atoms with Crippen molar-refractivity contribution >= 4 is 5.69 Å². The molecule has 0 spiro atoms. The van der Waals surface area contributed by atoms with Gasteiger partial charge in [-0.3, -0.25) is 0 Å². The summed E-state index contributed by atoms with van der Waals surface area (Å²) in [6.45, 7) is 8.50. The van der Waals surface area contributed by atoms with Crippen molar-refractivity contribution in [2.75, 3.05) is 18.0 Å². The minimum Gasteiger partial charge on any atom is -0.371 e. The molecule has 2 rings (SSSR count). The van der Waals surface area contributed by atoms with E-state index in [2.05, 4.69) is 18.7 Å². The molecule has 0 amide bonds. The van der Waals surface area contributed by atoms with Gasteiger partial charge in [-0.1, -0.05) is 13.8 Å². The first-order valence-corrected chi connectivity index (χ1v) is 6.29. The maximum absolute atomic E-state index is 13.3. The Labute approximate surface area is 103 Å². The smallest absolute Gasteiger partial charge is 0.123 e. The molecule has 1 aliphatic rings. The van der Waals surface area contributed by atoms with Crippen molar-refractivity contribution in [3.8, 4) is 0 Å². The molecule has 1 heterocycles. The van der Waals surface area contributed by atoms with E-state index in [0.29, 0.717) is 11.8 Å². The van der Waals surface area contributed by atoms with Crippen molar-refractivity contribution < 1.29 is 4.39 Å². The van der Waals surface area contributed by atoms with Crippen LogP contribution in [0.5, 0.6) is 0 Å². The van der Waals surface area contributed by atoms with Crippen LogP contribution < -0.4 is 10.6 Å². The lowest BCUT2D eigenvalue weighted by molar-refractivity contribution is 0.494. The first-order chi connectivity index (χ1) is 7.99. The lowest BCUT2D eigenvalue weighted by Crippen LogP contribution is -2.23. The van der Waals surface area contributed by atoms with Gasteiger partial charge in [0.1, 0.15) is 5.82 Å². The van der Waals surface area contributed by atoms with Gasteiger partial charge in [-0.25, -0.2) is 4.39 Å². The van der Waals surface area contributed by atoms with Gasteiger partial charge in [0.05, 0.1) is 0 Å². The molecule has 0 bridgehead atoms. The average Bonchev–Trinajstić information content (AvgIpc) is 2.59.